The molecule has 0 spiro atoms. The number of halogens is 2. The number of carbonyl (C=O) groups is 1. The van der Waals surface area contributed by atoms with Gasteiger partial charge in [-0.3, -0.25) is 9.48 Å². The van der Waals surface area contributed by atoms with Gasteiger partial charge in [0.2, 0.25) is 0 Å². The molecule has 112 valence electrons. The highest BCUT2D eigenvalue weighted by molar-refractivity contribution is 8.18. The molecule has 5 nitrogen and oxygen atoms in total. The molecule has 22 heavy (non-hydrogen) atoms. The summed E-state index contributed by atoms with van der Waals surface area (Å²) in [5.74, 6) is -1.64. The SMILES string of the molecule is Cn1cc(C=C2SC(=O)NC2=Nc2ccc(F)c(F)c2)cn1. The highest BCUT2D eigenvalue weighted by Crippen LogP contribution is 2.28. The first kappa shape index (κ1) is 14.5. The molecule has 0 bridgehead atoms. The lowest BCUT2D eigenvalue weighted by Crippen LogP contribution is -2.18. The molecule has 8 heteroatoms. The van der Waals surface area contributed by atoms with Crippen LogP contribution in [0.1, 0.15) is 5.56 Å². The molecule has 1 aromatic heterocycles. The van der Waals surface area contributed by atoms with Gasteiger partial charge in [-0.25, -0.2) is 13.8 Å². The number of hydrogen-bond donors (Lipinski definition) is 1. The lowest BCUT2D eigenvalue weighted by Gasteiger charge is -2.00. The molecule has 1 aromatic carbocycles. The summed E-state index contributed by atoms with van der Waals surface area (Å²) < 4.78 is 27.8. The fraction of sp³-hybridized carbons (Fsp3) is 0.0714. The first-order valence-corrected chi connectivity index (χ1v) is 7.06. The van der Waals surface area contributed by atoms with Gasteiger partial charge in [0, 0.05) is 24.9 Å². The van der Waals surface area contributed by atoms with Gasteiger partial charge in [0.25, 0.3) is 5.24 Å². The van der Waals surface area contributed by atoms with E-state index in [-0.39, 0.29) is 10.9 Å². The van der Waals surface area contributed by atoms with E-state index in [4.69, 9.17) is 0 Å². The zero-order valence-corrected chi connectivity index (χ0v) is 12.2. The van der Waals surface area contributed by atoms with Crippen molar-refractivity contribution in [1.29, 1.82) is 0 Å². The van der Waals surface area contributed by atoms with Crippen molar-refractivity contribution in [2.75, 3.05) is 0 Å². The fourth-order valence-electron chi connectivity index (χ4n) is 1.86. The number of aliphatic imine (C=N–C) groups is 1. The number of carbonyl (C=O) groups excluding carboxylic acids is 1. The maximum Gasteiger partial charge on any atom is 0.289 e. The molecule has 1 aliphatic rings. The van der Waals surface area contributed by atoms with E-state index in [1.54, 1.807) is 30.2 Å². The van der Waals surface area contributed by atoms with Crippen molar-refractivity contribution in [3.8, 4) is 0 Å². The minimum Gasteiger partial charge on any atom is -0.300 e. The van der Waals surface area contributed by atoms with E-state index in [0.29, 0.717) is 10.7 Å². The molecular formula is C14H10F2N4OS. The van der Waals surface area contributed by atoms with Crippen molar-refractivity contribution >= 4 is 34.6 Å². The largest absolute Gasteiger partial charge is 0.300 e. The molecule has 0 atom stereocenters. The van der Waals surface area contributed by atoms with Gasteiger partial charge in [-0.1, -0.05) is 0 Å². The summed E-state index contributed by atoms with van der Waals surface area (Å²) in [4.78, 5) is 16.3. The van der Waals surface area contributed by atoms with Gasteiger partial charge in [-0.2, -0.15) is 5.10 Å². The number of amidine groups is 1. The Morgan fingerprint density at radius 2 is 2.18 bits per heavy atom. The van der Waals surface area contributed by atoms with Crippen molar-refractivity contribution in [2.24, 2.45) is 12.0 Å². The average Bonchev–Trinajstić information content (AvgIpc) is 3.01. The van der Waals surface area contributed by atoms with Gasteiger partial charge < -0.3 is 5.32 Å². The quantitative estimate of drug-likeness (QED) is 0.924. The number of nitrogens with one attached hydrogen (secondary N) is 1. The number of rotatable bonds is 2. The second-order valence-electron chi connectivity index (χ2n) is 4.53. The molecule has 0 unspecified atom stereocenters. The van der Waals surface area contributed by atoms with Crippen LogP contribution in [-0.4, -0.2) is 20.9 Å². The zero-order chi connectivity index (χ0) is 15.7. The van der Waals surface area contributed by atoms with Gasteiger partial charge in [-0.05, 0) is 30.0 Å². The van der Waals surface area contributed by atoms with Gasteiger partial charge in [0.1, 0.15) is 5.84 Å². The summed E-state index contributed by atoms with van der Waals surface area (Å²) in [7, 11) is 1.78. The summed E-state index contributed by atoms with van der Waals surface area (Å²) in [6.07, 6.45) is 5.17. The summed E-state index contributed by atoms with van der Waals surface area (Å²) in [5.41, 5.74) is 1.02. The topological polar surface area (TPSA) is 59.3 Å². The van der Waals surface area contributed by atoms with E-state index in [1.807, 2.05) is 0 Å². The van der Waals surface area contributed by atoms with Crippen molar-refractivity contribution < 1.29 is 13.6 Å². The van der Waals surface area contributed by atoms with Crippen LogP contribution in [-0.2, 0) is 7.05 Å². The molecule has 0 saturated carbocycles. The Labute approximate surface area is 128 Å². The monoisotopic (exact) mass is 320 g/mol. The number of nitrogens with zero attached hydrogens (tertiary/aromatic N) is 3. The van der Waals surface area contributed by atoms with Gasteiger partial charge >= 0.3 is 0 Å². The van der Waals surface area contributed by atoms with E-state index >= 15 is 0 Å². The molecular weight excluding hydrogens is 310 g/mol. The Bertz CT molecular complexity index is 813. The van der Waals surface area contributed by atoms with Gasteiger partial charge in [0.15, 0.2) is 11.6 Å². The summed E-state index contributed by atoms with van der Waals surface area (Å²) in [5, 5.41) is 6.33. The molecule has 0 radical (unpaired) electrons. The minimum atomic E-state index is -0.989. The Morgan fingerprint density at radius 1 is 1.36 bits per heavy atom. The molecule has 1 saturated heterocycles. The second kappa shape index (κ2) is 5.72. The van der Waals surface area contributed by atoms with Gasteiger partial charge in [-0.15, -0.1) is 0 Å². The number of thioether (sulfide) groups is 1. The molecule has 0 aliphatic carbocycles. The molecule has 1 amide bonds. The zero-order valence-electron chi connectivity index (χ0n) is 11.4. The smallest absolute Gasteiger partial charge is 0.289 e. The number of amides is 1. The van der Waals surface area contributed by atoms with Crippen LogP contribution in [0.15, 0.2) is 40.5 Å². The Morgan fingerprint density at radius 3 is 2.86 bits per heavy atom. The van der Waals surface area contributed by atoms with Crippen LogP contribution in [0, 0.1) is 11.6 Å². The predicted molar refractivity (Wildman–Crippen MR) is 80.8 cm³/mol. The Hall–Kier alpha value is -2.48. The maximum absolute atomic E-state index is 13.2. The van der Waals surface area contributed by atoms with Crippen LogP contribution in [0.5, 0.6) is 0 Å². The van der Waals surface area contributed by atoms with Crippen LogP contribution in [0.2, 0.25) is 0 Å². The maximum atomic E-state index is 13.2. The van der Waals surface area contributed by atoms with Gasteiger partial charge in [0.05, 0.1) is 16.8 Å². The lowest BCUT2D eigenvalue weighted by molar-refractivity contribution is 0.265. The van der Waals surface area contributed by atoms with Crippen molar-refractivity contribution in [3.63, 3.8) is 0 Å². The molecule has 2 heterocycles. The molecule has 3 rings (SSSR count). The van der Waals surface area contributed by atoms with E-state index in [9.17, 15) is 13.6 Å². The summed E-state index contributed by atoms with van der Waals surface area (Å²) >= 11 is 0.980. The fourth-order valence-corrected chi connectivity index (χ4v) is 2.60. The number of hydrogen-bond acceptors (Lipinski definition) is 4. The third-order valence-corrected chi connectivity index (χ3v) is 3.64. The summed E-state index contributed by atoms with van der Waals surface area (Å²) in [6.45, 7) is 0. The van der Waals surface area contributed by atoms with Crippen molar-refractivity contribution in [1.82, 2.24) is 15.1 Å². The number of aromatic nitrogens is 2. The molecule has 1 N–H and O–H groups in total. The normalized spacial score (nSPS) is 18.2. The Kier molecular flexibility index (Phi) is 3.76. The number of benzene rings is 1. The highest BCUT2D eigenvalue weighted by atomic mass is 32.2. The molecule has 1 fully saturated rings. The first-order chi connectivity index (χ1) is 10.5. The first-order valence-electron chi connectivity index (χ1n) is 6.24. The second-order valence-corrected chi connectivity index (χ2v) is 5.54. The predicted octanol–water partition coefficient (Wildman–Crippen LogP) is 3.23. The molecule has 2 aromatic rings. The standard InChI is InChI=1S/C14H10F2N4OS/c1-20-7-8(6-17-20)4-12-13(19-14(21)22-12)18-9-2-3-10(15)11(16)5-9/h2-7H,1H3,(H,18,19,21). The minimum absolute atomic E-state index is 0.216. The van der Waals surface area contributed by atoms with E-state index in [0.717, 1.165) is 29.5 Å². The third kappa shape index (κ3) is 3.06. The summed E-state index contributed by atoms with van der Waals surface area (Å²) in [6, 6.07) is 3.30. The highest BCUT2D eigenvalue weighted by Gasteiger charge is 2.23. The van der Waals surface area contributed by atoms with Crippen molar-refractivity contribution in [2.45, 2.75) is 0 Å². The van der Waals surface area contributed by atoms with Crippen LogP contribution >= 0.6 is 11.8 Å². The van der Waals surface area contributed by atoms with Crippen LogP contribution < -0.4 is 5.32 Å². The lowest BCUT2D eigenvalue weighted by atomic mass is 10.3. The Balaban J connectivity index is 1.96. The van der Waals surface area contributed by atoms with Crippen LogP contribution in [0.25, 0.3) is 6.08 Å². The number of aryl methyl sites for hydroxylation is 1. The van der Waals surface area contributed by atoms with E-state index in [2.05, 4.69) is 15.4 Å². The van der Waals surface area contributed by atoms with Crippen LogP contribution in [0.4, 0.5) is 19.3 Å². The van der Waals surface area contributed by atoms with Crippen molar-refractivity contribution in [3.05, 3.63) is 52.7 Å². The average molecular weight is 320 g/mol. The van der Waals surface area contributed by atoms with Crippen LogP contribution in [0.3, 0.4) is 0 Å². The third-order valence-electron chi connectivity index (χ3n) is 2.82. The van der Waals surface area contributed by atoms with E-state index in [1.165, 1.54) is 6.07 Å². The molecule has 1 aliphatic heterocycles. The van der Waals surface area contributed by atoms with E-state index < -0.39 is 11.6 Å².